The second kappa shape index (κ2) is 8.73. The highest BCUT2D eigenvalue weighted by Crippen LogP contribution is 2.31. The van der Waals surface area contributed by atoms with Crippen molar-refractivity contribution in [1.29, 1.82) is 0 Å². The third-order valence-electron chi connectivity index (χ3n) is 4.67. The van der Waals surface area contributed by atoms with Crippen LogP contribution >= 0.6 is 23.2 Å². The molecule has 1 heterocycles. The molecule has 6 nitrogen and oxygen atoms in total. The fraction of sp³-hybridized carbons (Fsp3) is 0.300. The van der Waals surface area contributed by atoms with Crippen molar-refractivity contribution >= 4 is 50.7 Å². The second-order valence-electron chi connectivity index (χ2n) is 6.56. The Hall–Kier alpha value is -2.09. The quantitative estimate of drug-likeness (QED) is 0.469. The Kier molecular flexibility index (Phi) is 6.51. The van der Waals surface area contributed by atoms with Crippen molar-refractivity contribution in [3.05, 3.63) is 63.1 Å². The Balaban J connectivity index is 1.62. The van der Waals surface area contributed by atoms with Gasteiger partial charge in [-0.05, 0) is 54.8 Å². The number of hydrogen-bond donors (Lipinski definition) is 0. The molecule has 9 heteroatoms. The number of fused-ring (bicyclic) bond motifs is 1. The number of sulfonamides is 1. The molecule has 154 valence electrons. The van der Waals surface area contributed by atoms with Gasteiger partial charge in [0, 0.05) is 22.2 Å². The molecule has 0 bridgehead atoms. The minimum Gasteiger partial charge on any atom is -0.457 e. The van der Waals surface area contributed by atoms with Crippen LogP contribution in [0.2, 0.25) is 10.0 Å². The van der Waals surface area contributed by atoms with E-state index in [0.29, 0.717) is 39.8 Å². The van der Waals surface area contributed by atoms with Crippen LogP contribution in [0.4, 0.5) is 5.69 Å². The molecule has 0 atom stereocenters. The molecule has 0 spiro atoms. The molecule has 1 aliphatic rings. The van der Waals surface area contributed by atoms with Crippen molar-refractivity contribution in [2.75, 3.05) is 23.2 Å². The summed E-state index contributed by atoms with van der Waals surface area (Å²) < 4.78 is 30.7. The lowest BCUT2D eigenvalue weighted by Crippen LogP contribution is -2.30. The van der Waals surface area contributed by atoms with Crippen molar-refractivity contribution in [2.45, 2.75) is 19.8 Å². The number of anilines is 1. The van der Waals surface area contributed by atoms with Crippen LogP contribution in [0, 0.1) is 0 Å². The summed E-state index contributed by atoms with van der Waals surface area (Å²) in [5, 5.41) is 0.815. The molecule has 2 aromatic carbocycles. The van der Waals surface area contributed by atoms with E-state index in [-0.39, 0.29) is 18.0 Å². The fourth-order valence-corrected chi connectivity index (χ4v) is 4.72. The highest BCUT2D eigenvalue weighted by molar-refractivity contribution is 7.92. The Bertz CT molecular complexity index is 1070. The van der Waals surface area contributed by atoms with E-state index in [0.717, 1.165) is 5.56 Å². The van der Waals surface area contributed by atoms with E-state index in [4.69, 9.17) is 27.9 Å². The van der Waals surface area contributed by atoms with E-state index in [9.17, 15) is 18.0 Å². The number of halogens is 2. The van der Waals surface area contributed by atoms with Crippen LogP contribution in [-0.4, -0.2) is 39.1 Å². The molecule has 0 radical (unpaired) electrons. The lowest BCUT2D eigenvalue weighted by molar-refractivity contribution is -0.141. The summed E-state index contributed by atoms with van der Waals surface area (Å²) in [6.07, 6.45) is 0.460. The van der Waals surface area contributed by atoms with E-state index >= 15 is 0 Å². The third kappa shape index (κ3) is 4.91. The van der Waals surface area contributed by atoms with Gasteiger partial charge in [-0.15, -0.1) is 0 Å². The SMILES string of the molecule is CCS(=O)(=O)N1CCc2cc(C(=O)COC(=O)Cc3ccc(Cl)cc3Cl)ccc21. The average molecular weight is 456 g/mol. The second-order valence-corrected chi connectivity index (χ2v) is 9.59. The molecule has 0 N–H and O–H groups in total. The Morgan fingerprint density at radius 3 is 2.59 bits per heavy atom. The summed E-state index contributed by atoms with van der Waals surface area (Å²) in [7, 11) is -3.34. The first-order chi connectivity index (χ1) is 13.7. The number of esters is 1. The molecule has 2 aromatic rings. The van der Waals surface area contributed by atoms with Gasteiger partial charge >= 0.3 is 5.97 Å². The van der Waals surface area contributed by atoms with Crippen LogP contribution < -0.4 is 4.31 Å². The smallest absolute Gasteiger partial charge is 0.310 e. The summed E-state index contributed by atoms with van der Waals surface area (Å²) in [5.74, 6) is -0.926. The maximum Gasteiger partial charge on any atom is 0.310 e. The van der Waals surface area contributed by atoms with Gasteiger partial charge in [0.25, 0.3) is 0 Å². The largest absolute Gasteiger partial charge is 0.457 e. The highest BCUT2D eigenvalue weighted by atomic mass is 35.5. The molecule has 1 aliphatic heterocycles. The van der Waals surface area contributed by atoms with Gasteiger partial charge in [0.1, 0.15) is 0 Å². The number of carbonyl (C=O) groups is 2. The van der Waals surface area contributed by atoms with Crippen molar-refractivity contribution < 1.29 is 22.7 Å². The van der Waals surface area contributed by atoms with Gasteiger partial charge in [-0.3, -0.25) is 13.9 Å². The number of ketones is 1. The van der Waals surface area contributed by atoms with Crippen LogP contribution in [0.25, 0.3) is 0 Å². The Morgan fingerprint density at radius 2 is 1.90 bits per heavy atom. The normalized spacial score (nSPS) is 13.3. The minimum absolute atomic E-state index is 0.0146. The van der Waals surface area contributed by atoms with Gasteiger partial charge in [-0.1, -0.05) is 29.3 Å². The first-order valence-electron chi connectivity index (χ1n) is 8.97. The zero-order chi connectivity index (χ0) is 21.2. The molecular formula is C20H19Cl2NO5S. The molecule has 0 amide bonds. The van der Waals surface area contributed by atoms with Crippen LogP contribution in [0.5, 0.6) is 0 Å². The van der Waals surface area contributed by atoms with Gasteiger partial charge in [0.15, 0.2) is 12.4 Å². The first-order valence-corrected chi connectivity index (χ1v) is 11.3. The minimum atomic E-state index is -3.34. The van der Waals surface area contributed by atoms with Crippen LogP contribution in [0.3, 0.4) is 0 Å². The summed E-state index contributed by atoms with van der Waals surface area (Å²) in [6, 6.07) is 9.61. The van der Waals surface area contributed by atoms with Crippen LogP contribution in [0.15, 0.2) is 36.4 Å². The van der Waals surface area contributed by atoms with Crippen molar-refractivity contribution in [3.8, 4) is 0 Å². The predicted molar refractivity (Wildman–Crippen MR) is 112 cm³/mol. The van der Waals surface area contributed by atoms with E-state index in [1.54, 1.807) is 37.3 Å². The summed E-state index contributed by atoms with van der Waals surface area (Å²) in [4.78, 5) is 24.4. The predicted octanol–water partition coefficient (Wildman–Crippen LogP) is 3.67. The van der Waals surface area contributed by atoms with E-state index in [2.05, 4.69) is 0 Å². The molecule has 0 saturated heterocycles. The van der Waals surface area contributed by atoms with Gasteiger partial charge in [-0.2, -0.15) is 0 Å². The molecule has 0 fully saturated rings. The lowest BCUT2D eigenvalue weighted by atomic mass is 10.1. The summed E-state index contributed by atoms with van der Waals surface area (Å²) in [6.45, 7) is 1.55. The number of carbonyl (C=O) groups excluding carboxylic acids is 2. The van der Waals surface area contributed by atoms with Crippen molar-refractivity contribution in [2.24, 2.45) is 0 Å². The number of nitrogens with zero attached hydrogens (tertiary/aromatic N) is 1. The maximum atomic E-state index is 12.4. The third-order valence-corrected chi connectivity index (χ3v) is 7.04. The van der Waals surface area contributed by atoms with Crippen LogP contribution in [-0.2, 0) is 32.4 Å². The standard InChI is InChI=1S/C20H19Cl2NO5S/c1-2-29(26,27)23-8-7-14-9-15(4-6-18(14)23)19(24)12-28-20(25)10-13-3-5-16(21)11-17(13)22/h3-6,9,11H,2,7-8,10,12H2,1H3. The molecular weight excluding hydrogens is 437 g/mol. The van der Waals surface area contributed by atoms with Crippen LogP contribution in [0.1, 0.15) is 28.4 Å². The van der Waals surface area contributed by atoms with Gasteiger partial charge in [-0.25, -0.2) is 8.42 Å². The number of hydrogen-bond acceptors (Lipinski definition) is 5. The van der Waals surface area contributed by atoms with E-state index in [1.807, 2.05) is 0 Å². The number of ether oxygens (including phenoxy) is 1. The highest BCUT2D eigenvalue weighted by Gasteiger charge is 2.28. The fourth-order valence-electron chi connectivity index (χ4n) is 3.09. The van der Waals surface area contributed by atoms with Crippen molar-refractivity contribution in [1.82, 2.24) is 0 Å². The monoisotopic (exact) mass is 455 g/mol. The van der Waals surface area contributed by atoms with Gasteiger partial charge in [0.2, 0.25) is 10.0 Å². The maximum absolute atomic E-state index is 12.4. The molecule has 3 rings (SSSR count). The summed E-state index contributed by atoms with van der Waals surface area (Å²) in [5.41, 5.74) is 2.31. The Morgan fingerprint density at radius 1 is 1.14 bits per heavy atom. The van der Waals surface area contributed by atoms with Gasteiger partial charge < -0.3 is 4.74 Å². The Labute approximate surface area is 179 Å². The summed E-state index contributed by atoms with van der Waals surface area (Å²) >= 11 is 11.9. The molecule has 0 unspecified atom stereocenters. The molecule has 0 aliphatic carbocycles. The average Bonchev–Trinajstić information content (AvgIpc) is 3.12. The van der Waals surface area contributed by atoms with Crippen molar-refractivity contribution in [3.63, 3.8) is 0 Å². The number of benzene rings is 2. The van der Waals surface area contributed by atoms with E-state index < -0.39 is 22.6 Å². The number of rotatable bonds is 7. The molecule has 29 heavy (non-hydrogen) atoms. The molecule has 0 saturated carbocycles. The first kappa shape index (κ1) is 21.6. The van der Waals surface area contributed by atoms with E-state index in [1.165, 1.54) is 10.4 Å². The zero-order valence-electron chi connectivity index (χ0n) is 15.7. The number of Topliss-reactive ketones (excluding diaryl/α,β-unsaturated/α-hetero) is 1. The lowest BCUT2D eigenvalue weighted by Gasteiger charge is -2.18. The zero-order valence-corrected chi connectivity index (χ0v) is 18.0. The molecule has 0 aromatic heterocycles. The van der Waals surface area contributed by atoms with Gasteiger partial charge in [0.05, 0.1) is 17.9 Å². The topological polar surface area (TPSA) is 80.8 Å².